The summed E-state index contributed by atoms with van der Waals surface area (Å²) in [5.41, 5.74) is -0.504. The van der Waals surface area contributed by atoms with Crippen LogP contribution in [0.2, 0.25) is 0 Å². The van der Waals surface area contributed by atoms with Gasteiger partial charge in [-0.2, -0.15) is 0 Å². The van der Waals surface area contributed by atoms with Crippen LogP contribution in [0.15, 0.2) is 6.07 Å². The van der Waals surface area contributed by atoms with Crippen molar-refractivity contribution in [3.63, 3.8) is 0 Å². The van der Waals surface area contributed by atoms with Gasteiger partial charge in [-0.05, 0) is 52.0 Å². The van der Waals surface area contributed by atoms with E-state index in [0.717, 1.165) is 42.6 Å². The zero-order chi connectivity index (χ0) is 17.3. The van der Waals surface area contributed by atoms with Crippen molar-refractivity contribution >= 4 is 34.8 Å². The second-order valence-electron chi connectivity index (χ2n) is 4.94. The molecule has 0 aliphatic heterocycles. The van der Waals surface area contributed by atoms with E-state index in [1.54, 1.807) is 11.4 Å². The van der Waals surface area contributed by atoms with Gasteiger partial charge in [0.2, 0.25) is 11.6 Å². The van der Waals surface area contributed by atoms with Gasteiger partial charge < -0.3 is 13.9 Å². The fourth-order valence-corrected chi connectivity index (χ4v) is 6.48. The molecule has 8 heteroatoms. The van der Waals surface area contributed by atoms with Crippen molar-refractivity contribution < 1.29 is 9.05 Å². The molecule has 132 valence electrons. The maximum atomic E-state index is 5.97. The lowest BCUT2D eigenvalue weighted by Gasteiger charge is -2.22. The summed E-state index contributed by atoms with van der Waals surface area (Å²) >= 11 is 7.22. The number of anilines is 1. The van der Waals surface area contributed by atoms with E-state index >= 15 is 0 Å². The van der Waals surface area contributed by atoms with Crippen molar-refractivity contribution in [2.24, 2.45) is 0 Å². The summed E-state index contributed by atoms with van der Waals surface area (Å²) in [5, 5.41) is 0. The molecule has 0 bridgehead atoms. The lowest BCUT2D eigenvalue weighted by atomic mass is 10.3. The molecule has 1 atom stereocenters. The Kier molecular flexibility index (Phi) is 9.63. The minimum Gasteiger partial charge on any atom is -0.341 e. The minimum atomic E-state index is -2.29. The van der Waals surface area contributed by atoms with Gasteiger partial charge in [0.25, 0.3) is 0 Å². The van der Waals surface area contributed by atoms with Gasteiger partial charge in [-0.3, -0.25) is 0 Å². The molecule has 1 rings (SSSR count). The number of hydrogen-bond acceptors (Lipinski definition) is 7. The van der Waals surface area contributed by atoms with E-state index in [0.29, 0.717) is 13.2 Å². The molecule has 0 spiro atoms. The van der Waals surface area contributed by atoms with Crippen LogP contribution in [0.25, 0.3) is 0 Å². The summed E-state index contributed by atoms with van der Waals surface area (Å²) in [7, 11) is 0. The number of rotatable bonds is 11. The van der Waals surface area contributed by atoms with Crippen LogP contribution in [-0.2, 0) is 27.5 Å². The Bertz CT molecular complexity index is 527. The minimum absolute atomic E-state index is 0.367. The Balaban J connectivity index is 2.84. The van der Waals surface area contributed by atoms with Crippen molar-refractivity contribution in [3.05, 3.63) is 17.5 Å². The van der Waals surface area contributed by atoms with Crippen molar-refractivity contribution in [2.45, 2.75) is 47.6 Å². The highest BCUT2D eigenvalue weighted by molar-refractivity contribution is 8.67. The van der Waals surface area contributed by atoms with Crippen LogP contribution in [0.1, 0.15) is 45.5 Å². The van der Waals surface area contributed by atoms with Gasteiger partial charge in [0.05, 0.1) is 18.9 Å². The molecule has 1 heterocycles. The topological polar surface area (TPSA) is 47.5 Å². The molecular formula is C15H28N3O2PS2. The quantitative estimate of drug-likeness (QED) is 0.524. The zero-order valence-corrected chi connectivity index (χ0v) is 17.3. The fraction of sp³-hybridized carbons (Fsp3) is 0.733. The first-order valence-electron chi connectivity index (χ1n) is 8.11. The van der Waals surface area contributed by atoms with Gasteiger partial charge in [0.15, 0.2) is 0 Å². The SMILES string of the molecule is CCCS[P@@](=S)(OCC)OCc1cc(C)nc(N(CC)CC)n1. The molecule has 0 N–H and O–H groups in total. The molecule has 1 aromatic rings. The average molecular weight is 378 g/mol. The zero-order valence-electron chi connectivity index (χ0n) is 14.7. The summed E-state index contributed by atoms with van der Waals surface area (Å²) in [6, 6.07) is 1.95. The van der Waals surface area contributed by atoms with Crippen LogP contribution in [0.5, 0.6) is 0 Å². The second kappa shape index (κ2) is 10.6. The first-order chi connectivity index (χ1) is 11.0. The number of nitrogens with zero attached hydrogens (tertiary/aromatic N) is 3. The number of aryl methyl sites for hydroxylation is 1. The largest absolute Gasteiger partial charge is 0.341 e. The van der Waals surface area contributed by atoms with Gasteiger partial charge >= 0.3 is 0 Å². The molecule has 0 saturated heterocycles. The first kappa shape index (κ1) is 20.8. The third-order valence-corrected chi connectivity index (χ3v) is 8.69. The van der Waals surface area contributed by atoms with E-state index in [1.807, 2.05) is 19.9 Å². The van der Waals surface area contributed by atoms with E-state index in [-0.39, 0.29) is 0 Å². The predicted octanol–water partition coefficient (Wildman–Crippen LogP) is 4.55. The summed E-state index contributed by atoms with van der Waals surface area (Å²) < 4.78 is 11.7. The Hall–Kier alpha value is -0.200. The van der Waals surface area contributed by atoms with E-state index in [1.165, 1.54) is 0 Å². The van der Waals surface area contributed by atoms with Gasteiger partial charge in [-0.1, -0.05) is 18.3 Å². The first-order valence-corrected chi connectivity index (χ1v) is 12.3. The number of hydrogen-bond donors (Lipinski definition) is 0. The van der Waals surface area contributed by atoms with Gasteiger partial charge in [-0.15, -0.1) is 0 Å². The highest BCUT2D eigenvalue weighted by atomic mass is 32.9. The van der Waals surface area contributed by atoms with Gasteiger partial charge in [0.1, 0.15) is 0 Å². The summed E-state index contributed by atoms with van der Waals surface area (Å²) in [6.45, 7) is 12.9. The highest BCUT2D eigenvalue weighted by Gasteiger charge is 2.20. The summed E-state index contributed by atoms with van der Waals surface area (Å²) in [5.74, 6) is 1.70. The normalized spacial score (nSPS) is 13.8. The van der Waals surface area contributed by atoms with E-state index < -0.39 is 5.69 Å². The molecule has 0 saturated carbocycles. The Morgan fingerprint density at radius 2 is 1.87 bits per heavy atom. The van der Waals surface area contributed by atoms with Crippen LogP contribution in [-0.4, -0.2) is 35.4 Å². The molecule has 1 aromatic heterocycles. The van der Waals surface area contributed by atoms with Crippen molar-refractivity contribution in [2.75, 3.05) is 30.3 Å². The second-order valence-corrected chi connectivity index (χ2v) is 11.4. The Morgan fingerprint density at radius 3 is 2.43 bits per heavy atom. The predicted molar refractivity (Wildman–Crippen MR) is 104 cm³/mol. The van der Waals surface area contributed by atoms with Crippen molar-refractivity contribution in [3.8, 4) is 0 Å². The number of aromatic nitrogens is 2. The van der Waals surface area contributed by atoms with E-state index in [9.17, 15) is 0 Å². The van der Waals surface area contributed by atoms with Gasteiger partial charge in [-0.25, -0.2) is 9.97 Å². The Morgan fingerprint density at radius 1 is 1.17 bits per heavy atom. The average Bonchev–Trinajstić information content (AvgIpc) is 2.52. The lowest BCUT2D eigenvalue weighted by molar-refractivity contribution is 0.259. The molecule has 0 aliphatic rings. The third kappa shape index (κ3) is 7.06. The van der Waals surface area contributed by atoms with E-state index in [4.69, 9.17) is 20.9 Å². The molecule has 0 unspecified atom stereocenters. The molecular weight excluding hydrogens is 349 g/mol. The van der Waals surface area contributed by atoms with Crippen molar-refractivity contribution in [1.29, 1.82) is 0 Å². The van der Waals surface area contributed by atoms with Crippen LogP contribution >= 0.6 is 17.1 Å². The van der Waals surface area contributed by atoms with E-state index in [2.05, 4.69) is 35.6 Å². The summed E-state index contributed by atoms with van der Waals surface area (Å²) in [6.07, 6.45) is 1.05. The monoisotopic (exact) mass is 377 g/mol. The maximum absolute atomic E-state index is 5.97. The molecule has 0 aromatic carbocycles. The van der Waals surface area contributed by atoms with Crippen molar-refractivity contribution in [1.82, 2.24) is 9.97 Å². The van der Waals surface area contributed by atoms with Crippen LogP contribution in [0.4, 0.5) is 5.95 Å². The molecule has 23 heavy (non-hydrogen) atoms. The lowest BCUT2D eigenvalue weighted by Crippen LogP contribution is -2.24. The third-order valence-electron chi connectivity index (χ3n) is 3.05. The molecule has 0 fully saturated rings. The van der Waals surface area contributed by atoms with Crippen LogP contribution in [0, 0.1) is 6.92 Å². The van der Waals surface area contributed by atoms with Crippen LogP contribution < -0.4 is 4.90 Å². The molecule has 5 nitrogen and oxygen atoms in total. The van der Waals surface area contributed by atoms with Crippen LogP contribution in [0.3, 0.4) is 0 Å². The molecule has 0 aliphatic carbocycles. The standard InChI is InChI=1S/C15H28N3O2PS2/c1-6-10-23-21(22,19-9-4)20-12-14-11-13(5)16-15(17-14)18(7-2)8-3/h11H,6-10,12H2,1-5H3/t21-/m0/s1. The maximum Gasteiger partial charge on any atom is 0.247 e. The Labute approximate surface area is 149 Å². The smallest absolute Gasteiger partial charge is 0.247 e. The van der Waals surface area contributed by atoms with Gasteiger partial charge in [0, 0.05) is 24.5 Å². The molecule has 0 amide bonds. The highest BCUT2D eigenvalue weighted by Crippen LogP contribution is 2.61. The fourth-order valence-electron chi connectivity index (χ4n) is 1.96. The molecule has 0 radical (unpaired) electrons. The summed E-state index contributed by atoms with van der Waals surface area (Å²) in [4.78, 5) is 11.3.